The summed E-state index contributed by atoms with van der Waals surface area (Å²) in [6.07, 6.45) is 3.26. The van der Waals surface area contributed by atoms with Gasteiger partial charge >= 0.3 is 0 Å². The molecule has 1 aliphatic rings. The number of ether oxygens (including phenoxy) is 1. The van der Waals surface area contributed by atoms with Gasteiger partial charge in [-0.1, -0.05) is 12.2 Å². The molecule has 0 heterocycles. The molecule has 0 bridgehead atoms. The average Bonchev–Trinajstić information content (AvgIpc) is 2.78. The van der Waals surface area contributed by atoms with Gasteiger partial charge in [0.15, 0.2) is 0 Å². The van der Waals surface area contributed by atoms with Crippen molar-refractivity contribution in [3.8, 4) is 0 Å². The molecule has 0 radical (unpaired) electrons. The van der Waals surface area contributed by atoms with E-state index in [-0.39, 0.29) is 23.0 Å². The maximum absolute atomic E-state index is 13.9. The van der Waals surface area contributed by atoms with Gasteiger partial charge in [0.1, 0.15) is 10.8 Å². The molecule has 0 amide bonds. The molecule has 0 aromatic heterocycles. The molecule has 1 fully saturated rings. The second-order valence-electron chi connectivity index (χ2n) is 4.51. The maximum Gasteiger partial charge on any atom is 0.146 e. The summed E-state index contributed by atoms with van der Waals surface area (Å²) >= 11 is 4.82. The molecule has 1 aromatic rings. The predicted molar refractivity (Wildman–Crippen MR) is 74.3 cm³/mol. The van der Waals surface area contributed by atoms with Crippen molar-refractivity contribution in [1.29, 1.82) is 0 Å². The van der Waals surface area contributed by atoms with Crippen LogP contribution in [0.5, 0.6) is 0 Å². The highest BCUT2D eigenvalue weighted by Crippen LogP contribution is 2.26. The molecule has 0 aliphatic heterocycles. The van der Waals surface area contributed by atoms with Crippen LogP contribution in [-0.2, 0) is 4.74 Å². The maximum atomic E-state index is 13.9. The molecule has 1 aromatic carbocycles. The van der Waals surface area contributed by atoms with Crippen LogP contribution in [0.1, 0.15) is 24.8 Å². The number of thiocarbonyl (C=S) groups is 1. The number of rotatable bonds is 4. The van der Waals surface area contributed by atoms with Gasteiger partial charge in [-0.05, 0) is 37.5 Å². The smallest absolute Gasteiger partial charge is 0.146 e. The monoisotopic (exact) mass is 268 g/mol. The number of hydrogen-bond donors (Lipinski definition) is 2. The molecule has 2 atom stereocenters. The van der Waals surface area contributed by atoms with Crippen LogP contribution in [0, 0.1) is 5.82 Å². The minimum absolute atomic E-state index is 0.152. The Morgan fingerprint density at radius 2 is 2.28 bits per heavy atom. The van der Waals surface area contributed by atoms with Crippen molar-refractivity contribution >= 4 is 22.9 Å². The largest absolute Gasteiger partial charge is 0.389 e. The summed E-state index contributed by atoms with van der Waals surface area (Å²) in [7, 11) is 1.69. The van der Waals surface area contributed by atoms with Gasteiger partial charge in [0.25, 0.3) is 0 Å². The fourth-order valence-electron chi connectivity index (χ4n) is 2.36. The van der Waals surface area contributed by atoms with Crippen molar-refractivity contribution in [2.24, 2.45) is 5.73 Å². The Balaban J connectivity index is 2.12. The topological polar surface area (TPSA) is 47.3 Å². The summed E-state index contributed by atoms with van der Waals surface area (Å²) in [6, 6.07) is 4.93. The quantitative estimate of drug-likeness (QED) is 0.823. The van der Waals surface area contributed by atoms with Gasteiger partial charge in [0.05, 0.1) is 17.8 Å². The molecule has 18 heavy (non-hydrogen) atoms. The molecular weight excluding hydrogens is 251 g/mol. The number of nitrogens with two attached hydrogens (primary N) is 1. The van der Waals surface area contributed by atoms with Crippen LogP contribution in [0.25, 0.3) is 0 Å². The summed E-state index contributed by atoms with van der Waals surface area (Å²) < 4.78 is 19.2. The highest BCUT2D eigenvalue weighted by molar-refractivity contribution is 7.80. The van der Waals surface area contributed by atoms with Gasteiger partial charge in [-0.2, -0.15) is 0 Å². The van der Waals surface area contributed by atoms with Gasteiger partial charge in [-0.15, -0.1) is 0 Å². The van der Waals surface area contributed by atoms with Gasteiger partial charge in [-0.25, -0.2) is 4.39 Å². The average molecular weight is 268 g/mol. The summed E-state index contributed by atoms with van der Waals surface area (Å²) in [6.45, 7) is 0. The first-order valence-corrected chi connectivity index (χ1v) is 6.41. The Morgan fingerprint density at radius 1 is 1.50 bits per heavy atom. The van der Waals surface area contributed by atoms with Gasteiger partial charge in [0.2, 0.25) is 0 Å². The van der Waals surface area contributed by atoms with Gasteiger partial charge in [-0.3, -0.25) is 0 Å². The van der Waals surface area contributed by atoms with Crippen LogP contribution in [0.3, 0.4) is 0 Å². The zero-order chi connectivity index (χ0) is 13.1. The molecule has 1 aliphatic carbocycles. The van der Waals surface area contributed by atoms with E-state index in [4.69, 9.17) is 22.7 Å². The third-order valence-corrected chi connectivity index (χ3v) is 3.59. The van der Waals surface area contributed by atoms with Crippen LogP contribution in [0.4, 0.5) is 10.1 Å². The molecule has 1 saturated carbocycles. The molecule has 2 rings (SSSR count). The van der Waals surface area contributed by atoms with E-state index in [1.807, 2.05) is 0 Å². The van der Waals surface area contributed by atoms with E-state index in [0.717, 1.165) is 19.3 Å². The van der Waals surface area contributed by atoms with E-state index >= 15 is 0 Å². The first-order chi connectivity index (χ1) is 8.61. The summed E-state index contributed by atoms with van der Waals surface area (Å²) in [5.41, 5.74) is 6.48. The lowest BCUT2D eigenvalue weighted by Crippen LogP contribution is -2.30. The number of nitrogens with one attached hydrogen (secondary N) is 1. The van der Waals surface area contributed by atoms with Crippen LogP contribution in [0.15, 0.2) is 18.2 Å². The third kappa shape index (κ3) is 2.79. The Hall–Kier alpha value is -1.20. The molecular formula is C13H17FN2OS. The van der Waals surface area contributed by atoms with Crippen LogP contribution in [-0.4, -0.2) is 24.2 Å². The van der Waals surface area contributed by atoms with E-state index in [9.17, 15) is 4.39 Å². The third-order valence-electron chi connectivity index (χ3n) is 3.35. The standard InChI is InChI=1S/C13H17FN2OS/c1-17-12-4-2-3-11(12)16-10-6-5-8(13(15)18)7-9(10)14/h5-7,11-12,16H,2-4H2,1H3,(H2,15,18). The van der Waals surface area contributed by atoms with E-state index < -0.39 is 0 Å². The predicted octanol–water partition coefficient (Wildman–Crippen LogP) is 2.44. The fourth-order valence-corrected chi connectivity index (χ4v) is 2.49. The first kappa shape index (κ1) is 13.2. The Morgan fingerprint density at radius 3 is 2.89 bits per heavy atom. The molecule has 2 unspecified atom stereocenters. The van der Waals surface area contributed by atoms with Gasteiger partial charge in [0, 0.05) is 12.7 Å². The molecule has 3 N–H and O–H groups in total. The summed E-state index contributed by atoms with van der Waals surface area (Å²) in [5.74, 6) is -0.331. The fraction of sp³-hybridized carbons (Fsp3) is 0.462. The van der Waals surface area contributed by atoms with Crippen molar-refractivity contribution in [2.75, 3.05) is 12.4 Å². The molecule has 98 valence electrons. The zero-order valence-electron chi connectivity index (χ0n) is 10.3. The highest BCUT2D eigenvalue weighted by Gasteiger charge is 2.27. The van der Waals surface area contributed by atoms with Crippen molar-refractivity contribution in [2.45, 2.75) is 31.4 Å². The Labute approximate surface area is 112 Å². The lowest BCUT2D eigenvalue weighted by molar-refractivity contribution is 0.101. The van der Waals surface area contributed by atoms with Crippen LogP contribution < -0.4 is 11.1 Å². The van der Waals surface area contributed by atoms with E-state index in [1.54, 1.807) is 19.2 Å². The number of anilines is 1. The number of methoxy groups -OCH3 is 1. The Kier molecular flexibility index (Phi) is 4.14. The zero-order valence-corrected chi connectivity index (χ0v) is 11.1. The lowest BCUT2D eigenvalue weighted by atomic mass is 10.1. The Bertz CT molecular complexity index is 453. The minimum atomic E-state index is -0.331. The number of benzene rings is 1. The highest BCUT2D eigenvalue weighted by atomic mass is 32.1. The second kappa shape index (κ2) is 5.63. The van der Waals surface area contributed by atoms with Crippen molar-refractivity contribution < 1.29 is 9.13 Å². The van der Waals surface area contributed by atoms with E-state index in [0.29, 0.717) is 11.3 Å². The SMILES string of the molecule is COC1CCCC1Nc1ccc(C(N)=S)cc1F. The normalized spacial score (nSPS) is 23.0. The van der Waals surface area contributed by atoms with Crippen molar-refractivity contribution in [3.05, 3.63) is 29.6 Å². The van der Waals surface area contributed by atoms with E-state index in [2.05, 4.69) is 5.32 Å². The van der Waals surface area contributed by atoms with Crippen molar-refractivity contribution in [3.63, 3.8) is 0 Å². The van der Waals surface area contributed by atoms with E-state index in [1.165, 1.54) is 6.07 Å². The molecule has 5 heteroatoms. The molecule has 0 saturated heterocycles. The molecule has 0 spiro atoms. The number of halogens is 1. The number of hydrogen-bond acceptors (Lipinski definition) is 3. The second-order valence-corrected chi connectivity index (χ2v) is 4.95. The van der Waals surface area contributed by atoms with Gasteiger partial charge < -0.3 is 15.8 Å². The molecule has 3 nitrogen and oxygen atoms in total. The minimum Gasteiger partial charge on any atom is -0.389 e. The van der Waals surface area contributed by atoms with Crippen LogP contribution >= 0.6 is 12.2 Å². The summed E-state index contributed by atoms with van der Waals surface area (Å²) in [5, 5.41) is 3.19. The van der Waals surface area contributed by atoms with Crippen molar-refractivity contribution in [1.82, 2.24) is 0 Å². The first-order valence-electron chi connectivity index (χ1n) is 6.00. The summed E-state index contributed by atoms with van der Waals surface area (Å²) in [4.78, 5) is 0.205. The lowest BCUT2D eigenvalue weighted by Gasteiger charge is -2.21. The van der Waals surface area contributed by atoms with Crippen LogP contribution in [0.2, 0.25) is 0 Å².